The Morgan fingerprint density at radius 2 is 1.68 bits per heavy atom. The van der Waals surface area contributed by atoms with Crippen LogP contribution in [0.25, 0.3) is 0 Å². The molecule has 116 valence electrons. The van der Waals surface area contributed by atoms with Crippen LogP contribution in [0.4, 0.5) is 11.4 Å². The molecule has 0 saturated carbocycles. The van der Waals surface area contributed by atoms with Gasteiger partial charge in [-0.05, 0) is 50.2 Å². The molecule has 1 amide bonds. The van der Waals surface area contributed by atoms with Gasteiger partial charge in [-0.2, -0.15) is 0 Å². The van der Waals surface area contributed by atoms with E-state index in [2.05, 4.69) is 24.1 Å². The molecular weight excluding hydrogens is 319 g/mol. The van der Waals surface area contributed by atoms with Crippen molar-refractivity contribution >= 4 is 40.5 Å². The average molecular weight is 337 g/mol. The number of carbonyl (C=O) groups is 1. The van der Waals surface area contributed by atoms with Gasteiger partial charge in [0.25, 0.3) is 5.91 Å². The summed E-state index contributed by atoms with van der Waals surface area (Å²) in [4.78, 5) is 14.5. The van der Waals surface area contributed by atoms with E-state index in [4.69, 9.17) is 23.2 Å². The minimum absolute atomic E-state index is 0.265. The van der Waals surface area contributed by atoms with E-state index in [1.165, 1.54) is 0 Å². The van der Waals surface area contributed by atoms with Crippen molar-refractivity contribution in [3.8, 4) is 0 Å². The molecule has 0 aliphatic rings. The summed E-state index contributed by atoms with van der Waals surface area (Å²) < 4.78 is 0. The standard InChI is InChI=1S/C17H18Cl2N2O/c1-3-21(4-2)13-10-8-12(9-11-13)20-17(22)14-6-5-7-15(18)16(14)19/h5-11H,3-4H2,1-2H3,(H,20,22). The first-order valence-electron chi connectivity index (χ1n) is 7.17. The van der Waals surface area contributed by atoms with Crippen LogP contribution >= 0.6 is 23.2 Å². The Morgan fingerprint density at radius 3 is 2.27 bits per heavy atom. The van der Waals surface area contributed by atoms with Gasteiger partial charge in [-0.25, -0.2) is 0 Å². The van der Waals surface area contributed by atoms with Gasteiger partial charge in [-0.3, -0.25) is 4.79 Å². The van der Waals surface area contributed by atoms with Gasteiger partial charge in [0, 0.05) is 24.5 Å². The lowest BCUT2D eigenvalue weighted by Crippen LogP contribution is -2.21. The Morgan fingerprint density at radius 1 is 1.05 bits per heavy atom. The molecule has 0 spiro atoms. The molecule has 0 unspecified atom stereocenters. The summed E-state index contributed by atoms with van der Waals surface area (Å²) >= 11 is 12.0. The van der Waals surface area contributed by atoms with Gasteiger partial charge in [-0.1, -0.05) is 29.3 Å². The van der Waals surface area contributed by atoms with Crippen molar-refractivity contribution in [1.82, 2.24) is 0 Å². The third-order valence-corrected chi connectivity index (χ3v) is 4.27. The maximum Gasteiger partial charge on any atom is 0.257 e. The van der Waals surface area contributed by atoms with Crippen LogP contribution in [0.2, 0.25) is 10.0 Å². The summed E-state index contributed by atoms with van der Waals surface area (Å²) in [5.74, 6) is -0.275. The summed E-state index contributed by atoms with van der Waals surface area (Å²) in [5.41, 5.74) is 2.21. The number of nitrogens with one attached hydrogen (secondary N) is 1. The van der Waals surface area contributed by atoms with E-state index in [9.17, 15) is 4.79 Å². The van der Waals surface area contributed by atoms with Crippen LogP contribution < -0.4 is 10.2 Å². The van der Waals surface area contributed by atoms with Crippen molar-refractivity contribution in [3.05, 3.63) is 58.1 Å². The lowest BCUT2D eigenvalue weighted by molar-refractivity contribution is 0.102. The first kappa shape index (κ1) is 16.7. The van der Waals surface area contributed by atoms with E-state index in [0.717, 1.165) is 24.5 Å². The highest BCUT2D eigenvalue weighted by Gasteiger charge is 2.12. The molecule has 0 atom stereocenters. The zero-order valence-corrected chi connectivity index (χ0v) is 14.1. The Bertz CT molecular complexity index is 652. The molecule has 0 fully saturated rings. The molecule has 0 bridgehead atoms. The molecule has 5 heteroatoms. The summed E-state index contributed by atoms with van der Waals surface area (Å²) in [6, 6.07) is 12.7. The summed E-state index contributed by atoms with van der Waals surface area (Å²) in [6.45, 7) is 6.11. The number of rotatable bonds is 5. The van der Waals surface area contributed by atoms with E-state index < -0.39 is 0 Å². The SMILES string of the molecule is CCN(CC)c1ccc(NC(=O)c2cccc(Cl)c2Cl)cc1. The predicted octanol–water partition coefficient (Wildman–Crippen LogP) is 5.09. The second-order valence-corrected chi connectivity index (χ2v) is 5.56. The van der Waals surface area contributed by atoms with Crippen LogP contribution in [0.15, 0.2) is 42.5 Å². The number of nitrogens with zero attached hydrogens (tertiary/aromatic N) is 1. The van der Waals surface area contributed by atoms with Crippen molar-refractivity contribution in [2.24, 2.45) is 0 Å². The fraction of sp³-hybridized carbons (Fsp3) is 0.235. The molecule has 2 aromatic rings. The number of carbonyl (C=O) groups excluding carboxylic acids is 1. The van der Waals surface area contributed by atoms with E-state index in [1.54, 1.807) is 18.2 Å². The highest BCUT2D eigenvalue weighted by atomic mass is 35.5. The Hall–Kier alpha value is -1.71. The molecule has 0 aromatic heterocycles. The first-order valence-corrected chi connectivity index (χ1v) is 7.92. The van der Waals surface area contributed by atoms with Crippen LogP contribution in [-0.2, 0) is 0 Å². The average Bonchev–Trinajstić information content (AvgIpc) is 2.52. The number of anilines is 2. The smallest absolute Gasteiger partial charge is 0.257 e. The highest BCUT2D eigenvalue weighted by Crippen LogP contribution is 2.26. The maximum absolute atomic E-state index is 12.3. The lowest BCUT2D eigenvalue weighted by atomic mass is 10.2. The number of hydrogen-bond donors (Lipinski definition) is 1. The fourth-order valence-corrected chi connectivity index (χ4v) is 2.61. The zero-order valence-electron chi connectivity index (χ0n) is 12.6. The zero-order chi connectivity index (χ0) is 16.1. The summed E-state index contributed by atoms with van der Waals surface area (Å²) in [7, 11) is 0. The number of hydrogen-bond acceptors (Lipinski definition) is 2. The molecule has 22 heavy (non-hydrogen) atoms. The van der Waals surface area contributed by atoms with E-state index in [1.807, 2.05) is 24.3 Å². The summed E-state index contributed by atoms with van der Waals surface area (Å²) in [6.07, 6.45) is 0. The molecule has 0 aliphatic carbocycles. The second kappa shape index (κ2) is 7.52. The van der Waals surface area contributed by atoms with Gasteiger partial charge in [0.15, 0.2) is 0 Å². The van der Waals surface area contributed by atoms with Gasteiger partial charge in [-0.15, -0.1) is 0 Å². The van der Waals surface area contributed by atoms with Gasteiger partial charge in [0.2, 0.25) is 0 Å². The minimum Gasteiger partial charge on any atom is -0.372 e. The number of amides is 1. The molecule has 0 heterocycles. The second-order valence-electron chi connectivity index (χ2n) is 4.77. The van der Waals surface area contributed by atoms with Gasteiger partial charge in [0.05, 0.1) is 15.6 Å². The van der Waals surface area contributed by atoms with Crippen LogP contribution in [0.5, 0.6) is 0 Å². The van der Waals surface area contributed by atoms with Gasteiger partial charge < -0.3 is 10.2 Å². The number of benzene rings is 2. The van der Waals surface area contributed by atoms with Crippen molar-refractivity contribution in [2.75, 3.05) is 23.3 Å². The minimum atomic E-state index is -0.275. The molecule has 2 rings (SSSR count). The third kappa shape index (κ3) is 3.73. The Kier molecular flexibility index (Phi) is 5.69. The lowest BCUT2D eigenvalue weighted by Gasteiger charge is -2.21. The largest absolute Gasteiger partial charge is 0.372 e. The quantitative estimate of drug-likeness (QED) is 0.824. The predicted molar refractivity (Wildman–Crippen MR) is 94.4 cm³/mol. The molecule has 3 nitrogen and oxygen atoms in total. The normalized spacial score (nSPS) is 10.4. The molecule has 2 aromatic carbocycles. The van der Waals surface area contributed by atoms with Crippen LogP contribution in [-0.4, -0.2) is 19.0 Å². The molecule has 0 aliphatic heterocycles. The molecule has 0 saturated heterocycles. The topological polar surface area (TPSA) is 32.3 Å². The highest BCUT2D eigenvalue weighted by molar-refractivity contribution is 6.44. The fourth-order valence-electron chi connectivity index (χ4n) is 2.22. The third-order valence-electron chi connectivity index (χ3n) is 3.45. The van der Waals surface area contributed by atoms with E-state index >= 15 is 0 Å². The van der Waals surface area contributed by atoms with Crippen LogP contribution in [0, 0.1) is 0 Å². The maximum atomic E-state index is 12.3. The Balaban J connectivity index is 2.14. The van der Waals surface area contributed by atoms with Crippen LogP contribution in [0.1, 0.15) is 24.2 Å². The molecular formula is C17H18Cl2N2O. The van der Waals surface area contributed by atoms with Crippen molar-refractivity contribution < 1.29 is 4.79 Å². The van der Waals surface area contributed by atoms with E-state index in [0.29, 0.717) is 10.6 Å². The summed E-state index contributed by atoms with van der Waals surface area (Å²) in [5, 5.41) is 3.46. The van der Waals surface area contributed by atoms with Gasteiger partial charge in [0.1, 0.15) is 0 Å². The number of halogens is 2. The molecule has 0 radical (unpaired) electrons. The van der Waals surface area contributed by atoms with Crippen molar-refractivity contribution in [2.45, 2.75) is 13.8 Å². The van der Waals surface area contributed by atoms with Crippen LogP contribution in [0.3, 0.4) is 0 Å². The monoisotopic (exact) mass is 336 g/mol. The van der Waals surface area contributed by atoms with Crippen molar-refractivity contribution in [3.63, 3.8) is 0 Å². The Labute approximate surface area is 140 Å². The molecule has 1 N–H and O–H groups in total. The van der Waals surface area contributed by atoms with Gasteiger partial charge >= 0.3 is 0 Å². The first-order chi connectivity index (χ1) is 10.6. The van der Waals surface area contributed by atoms with Crippen molar-refractivity contribution in [1.29, 1.82) is 0 Å². The van der Waals surface area contributed by atoms with E-state index in [-0.39, 0.29) is 10.9 Å².